The van der Waals surface area contributed by atoms with Crippen LogP contribution in [0.15, 0.2) is 42.5 Å². The largest absolute Gasteiger partial charge is 0.497 e. The van der Waals surface area contributed by atoms with Gasteiger partial charge in [-0.3, -0.25) is 0 Å². The molecule has 0 fully saturated rings. The number of ether oxygens (including phenoxy) is 2. The van der Waals surface area contributed by atoms with E-state index in [-0.39, 0.29) is 6.10 Å². The third-order valence-electron chi connectivity index (χ3n) is 2.87. The first-order valence-electron chi connectivity index (χ1n) is 5.96. The lowest BCUT2D eigenvalue weighted by molar-refractivity contribution is 0.227. The van der Waals surface area contributed by atoms with Gasteiger partial charge in [0.1, 0.15) is 17.6 Å². The zero-order valence-electron chi connectivity index (χ0n) is 10.9. The fourth-order valence-electron chi connectivity index (χ4n) is 1.74. The van der Waals surface area contributed by atoms with Crippen LogP contribution in [0.25, 0.3) is 0 Å². The Morgan fingerprint density at radius 2 is 1.68 bits per heavy atom. The Morgan fingerprint density at radius 1 is 1.05 bits per heavy atom. The molecule has 19 heavy (non-hydrogen) atoms. The van der Waals surface area contributed by atoms with Crippen molar-refractivity contribution >= 4 is 17.3 Å². The lowest BCUT2D eigenvalue weighted by atomic mass is 10.1. The fourth-order valence-corrected chi connectivity index (χ4v) is 1.86. The molecule has 0 aromatic heterocycles. The molecular formula is C15H16ClNO2. The van der Waals surface area contributed by atoms with Crippen molar-refractivity contribution in [2.45, 2.75) is 13.0 Å². The fraction of sp³-hybridized carbons (Fsp3) is 0.200. The number of halogens is 1. The van der Waals surface area contributed by atoms with E-state index in [9.17, 15) is 0 Å². The number of hydrogen-bond acceptors (Lipinski definition) is 3. The molecule has 2 aromatic carbocycles. The first kappa shape index (κ1) is 13.6. The van der Waals surface area contributed by atoms with E-state index in [0.29, 0.717) is 16.5 Å². The van der Waals surface area contributed by atoms with Gasteiger partial charge >= 0.3 is 0 Å². The zero-order valence-corrected chi connectivity index (χ0v) is 11.6. The van der Waals surface area contributed by atoms with E-state index in [1.807, 2.05) is 31.2 Å². The minimum atomic E-state index is -0.0773. The zero-order chi connectivity index (χ0) is 13.8. The van der Waals surface area contributed by atoms with E-state index in [1.165, 1.54) is 0 Å². The average Bonchev–Trinajstić information content (AvgIpc) is 2.43. The molecule has 2 rings (SSSR count). The van der Waals surface area contributed by atoms with E-state index >= 15 is 0 Å². The second kappa shape index (κ2) is 5.85. The Labute approximate surface area is 117 Å². The molecular weight excluding hydrogens is 262 g/mol. The Bertz CT molecular complexity index is 555. The van der Waals surface area contributed by atoms with Crippen LogP contribution >= 0.6 is 11.6 Å². The normalized spacial score (nSPS) is 11.9. The molecule has 0 spiro atoms. The number of methoxy groups -OCH3 is 1. The highest BCUT2D eigenvalue weighted by Crippen LogP contribution is 2.28. The van der Waals surface area contributed by atoms with Gasteiger partial charge in [0.15, 0.2) is 0 Å². The number of rotatable bonds is 4. The van der Waals surface area contributed by atoms with Crippen molar-refractivity contribution in [1.29, 1.82) is 0 Å². The SMILES string of the molecule is COc1ccc(C(C)Oc2ccc(Cl)c(N)c2)cc1. The van der Waals surface area contributed by atoms with Gasteiger partial charge in [-0.05, 0) is 36.8 Å². The summed E-state index contributed by atoms with van der Waals surface area (Å²) >= 11 is 5.87. The second-order valence-corrected chi connectivity index (χ2v) is 4.62. The summed E-state index contributed by atoms with van der Waals surface area (Å²) in [6.07, 6.45) is -0.0773. The molecule has 0 aliphatic rings. The summed E-state index contributed by atoms with van der Waals surface area (Å²) in [7, 11) is 1.64. The van der Waals surface area contributed by atoms with Crippen LogP contribution in [0, 0.1) is 0 Å². The Morgan fingerprint density at radius 3 is 2.26 bits per heavy atom. The lowest BCUT2D eigenvalue weighted by Gasteiger charge is -2.16. The molecule has 1 unspecified atom stereocenters. The summed E-state index contributed by atoms with van der Waals surface area (Å²) in [6, 6.07) is 13.0. The van der Waals surface area contributed by atoms with Gasteiger partial charge in [0.05, 0.1) is 17.8 Å². The van der Waals surface area contributed by atoms with Crippen LogP contribution in [0.1, 0.15) is 18.6 Å². The van der Waals surface area contributed by atoms with Crippen molar-refractivity contribution in [2.24, 2.45) is 0 Å². The molecule has 0 bridgehead atoms. The highest BCUT2D eigenvalue weighted by atomic mass is 35.5. The monoisotopic (exact) mass is 277 g/mol. The van der Waals surface area contributed by atoms with Gasteiger partial charge in [0, 0.05) is 6.07 Å². The molecule has 0 aliphatic heterocycles. The van der Waals surface area contributed by atoms with Crippen molar-refractivity contribution < 1.29 is 9.47 Å². The number of nitrogens with two attached hydrogens (primary N) is 1. The maximum atomic E-state index is 5.87. The maximum absolute atomic E-state index is 5.87. The van der Waals surface area contributed by atoms with Crippen LogP contribution in [-0.2, 0) is 0 Å². The predicted octanol–water partition coefficient (Wildman–Crippen LogP) is 4.07. The Balaban J connectivity index is 2.10. The smallest absolute Gasteiger partial charge is 0.122 e. The molecule has 0 amide bonds. The van der Waals surface area contributed by atoms with Crippen molar-refractivity contribution in [3.05, 3.63) is 53.1 Å². The number of hydrogen-bond donors (Lipinski definition) is 1. The van der Waals surface area contributed by atoms with Crippen molar-refractivity contribution in [2.75, 3.05) is 12.8 Å². The second-order valence-electron chi connectivity index (χ2n) is 4.22. The van der Waals surface area contributed by atoms with Crippen molar-refractivity contribution in [3.63, 3.8) is 0 Å². The maximum Gasteiger partial charge on any atom is 0.122 e. The third kappa shape index (κ3) is 3.32. The topological polar surface area (TPSA) is 44.5 Å². The van der Waals surface area contributed by atoms with Gasteiger partial charge in [-0.15, -0.1) is 0 Å². The van der Waals surface area contributed by atoms with E-state index in [2.05, 4.69) is 0 Å². The molecule has 4 heteroatoms. The number of nitrogen functional groups attached to an aromatic ring is 1. The summed E-state index contributed by atoms with van der Waals surface area (Å²) in [5.41, 5.74) is 7.32. The van der Waals surface area contributed by atoms with E-state index in [4.69, 9.17) is 26.8 Å². The molecule has 0 heterocycles. The minimum absolute atomic E-state index is 0.0773. The highest BCUT2D eigenvalue weighted by Gasteiger charge is 2.08. The molecule has 0 saturated heterocycles. The average molecular weight is 278 g/mol. The molecule has 100 valence electrons. The number of benzene rings is 2. The van der Waals surface area contributed by atoms with Crippen LogP contribution < -0.4 is 15.2 Å². The molecule has 1 atom stereocenters. The number of anilines is 1. The van der Waals surface area contributed by atoms with E-state index < -0.39 is 0 Å². The van der Waals surface area contributed by atoms with Gasteiger partial charge in [-0.25, -0.2) is 0 Å². The third-order valence-corrected chi connectivity index (χ3v) is 3.21. The molecule has 3 nitrogen and oxygen atoms in total. The van der Waals surface area contributed by atoms with E-state index in [0.717, 1.165) is 11.3 Å². The summed E-state index contributed by atoms with van der Waals surface area (Å²) in [5.74, 6) is 1.52. The summed E-state index contributed by atoms with van der Waals surface area (Å²) in [5, 5.41) is 0.532. The molecule has 2 N–H and O–H groups in total. The van der Waals surface area contributed by atoms with Crippen LogP contribution in [0.4, 0.5) is 5.69 Å². The Hall–Kier alpha value is -1.87. The standard InChI is InChI=1S/C15H16ClNO2/c1-10(11-3-5-12(18-2)6-4-11)19-13-7-8-14(16)15(17)9-13/h3-10H,17H2,1-2H3. The summed E-state index contributed by atoms with van der Waals surface area (Å²) in [6.45, 7) is 1.98. The highest BCUT2D eigenvalue weighted by molar-refractivity contribution is 6.33. The molecule has 0 radical (unpaired) electrons. The van der Waals surface area contributed by atoms with Crippen LogP contribution in [0.2, 0.25) is 5.02 Å². The summed E-state index contributed by atoms with van der Waals surface area (Å²) in [4.78, 5) is 0. The van der Waals surface area contributed by atoms with Crippen molar-refractivity contribution in [1.82, 2.24) is 0 Å². The Kier molecular flexibility index (Phi) is 4.17. The summed E-state index contributed by atoms with van der Waals surface area (Å²) < 4.78 is 11.0. The van der Waals surface area contributed by atoms with Crippen LogP contribution in [0.5, 0.6) is 11.5 Å². The first-order chi connectivity index (χ1) is 9.10. The van der Waals surface area contributed by atoms with Crippen LogP contribution in [-0.4, -0.2) is 7.11 Å². The first-order valence-corrected chi connectivity index (χ1v) is 6.33. The van der Waals surface area contributed by atoms with Gasteiger partial charge in [0.2, 0.25) is 0 Å². The van der Waals surface area contributed by atoms with E-state index in [1.54, 1.807) is 25.3 Å². The van der Waals surface area contributed by atoms with Gasteiger partial charge in [-0.1, -0.05) is 23.7 Å². The minimum Gasteiger partial charge on any atom is -0.497 e. The molecule has 0 aliphatic carbocycles. The quantitative estimate of drug-likeness (QED) is 0.857. The van der Waals surface area contributed by atoms with Crippen molar-refractivity contribution in [3.8, 4) is 11.5 Å². The van der Waals surface area contributed by atoms with Gasteiger partial charge in [0.25, 0.3) is 0 Å². The van der Waals surface area contributed by atoms with Gasteiger partial charge < -0.3 is 15.2 Å². The molecule has 2 aromatic rings. The molecule has 0 saturated carbocycles. The lowest BCUT2D eigenvalue weighted by Crippen LogP contribution is -2.03. The van der Waals surface area contributed by atoms with Gasteiger partial charge in [-0.2, -0.15) is 0 Å². The van der Waals surface area contributed by atoms with Crippen LogP contribution in [0.3, 0.4) is 0 Å². The predicted molar refractivity (Wildman–Crippen MR) is 77.9 cm³/mol.